The van der Waals surface area contributed by atoms with Crippen molar-refractivity contribution in [1.82, 2.24) is 9.88 Å². The fourth-order valence-corrected chi connectivity index (χ4v) is 2.66. The third kappa shape index (κ3) is 4.37. The SMILES string of the molecule is COC(=O)[C@@H](NC(=O)Cn1ccc2c(NC(C)=O)cccc21)C(C)C. The number of hydrogen-bond donors (Lipinski definition) is 2. The van der Waals surface area contributed by atoms with Gasteiger partial charge in [-0.05, 0) is 24.1 Å². The summed E-state index contributed by atoms with van der Waals surface area (Å²) in [5, 5.41) is 6.33. The summed E-state index contributed by atoms with van der Waals surface area (Å²) in [7, 11) is 1.30. The van der Waals surface area contributed by atoms with Gasteiger partial charge < -0.3 is 19.9 Å². The second-order valence-corrected chi connectivity index (χ2v) is 6.18. The van der Waals surface area contributed by atoms with E-state index in [0.717, 1.165) is 10.9 Å². The zero-order valence-corrected chi connectivity index (χ0v) is 14.8. The highest BCUT2D eigenvalue weighted by atomic mass is 16.5. The van der Waals surface area contributed by atoms with Crippen LogP contribution in [0.2, 0.25) is 0 Å². The second kappa shape index (κ2) is 7.83. The molecule has 0 radical (unpaired) electrons. The average molecular weight is 345 g/mol. The molecule has 2 aromatic rings. The maximum atomic E-state index is 12.3. The van der Waals surface area contributed by atoms with Crippen molar-refractivity contribution >= 4 is 34.4 Å². The quantitative estimate of drug-likeness (QED) is 0.783. The lowest BCUT2D eigenvalue weighted by Gasteiger charge is -2.20. The van der Waals surface area contributed by atoms with Crippen molar-refractivity contribution in [2.24, 2.45) is 5.92 Å². The van der Waals surface area contributed by atoms with Crippen LogP contribution in [-0.2, 0) is 25.7 Å². The Labute approximate surface area is 146 Å². The zero-order chi connectivity index (χ0) is 18.6. The number of hydrogen-bond acceptors (Lipinski definition) is 4. The number of amides is 2. The molecule has 134 valence electrons. The molecule has 1 heterocycles. The first-order valence-corrected chi connectivity index (χ1v) is 8.06. The lowest BCUT2D eigenvalue weighted by molar-refractivity contribution is -0.146. The average Bonchev–Trinajstić information content (AvgIpc) is 2.95. The first kappa shape index (κ1) is 18.5. The van der Waals surface area contributed by atoms with E-state index in [9.17, 15) is 14.4 Å². The number of nitrogens with one attached hydrogen (secondary N) is 2. The number of esters is 1. The molecular weight excluding hydrogens is 322 g/mol. The van der Waals surface area contributed by atoms with Crippen LogP contribution in [0.1, 0.15) is 20.8 Å². The van der Waals surface area contributed by atoms with Gasteiger partial charge >= 0.3 is 5.97 Å². The van der Waals surface area contributed by atoms with E-state index in [4.69, 9.17) is 4.74 Å². The Bertz CT molecular complexity index is 795. The van der Waals surface area contributed by atoms with Crippen LogP contribution >= 0.6 is 0 Å². The zero-order valence-electron chi connectivity index (χ0n) is 14.8. The Morgan fingerprint density at radius 2 is 1.92 bits per heavy atom. The highest BCUT2D eigenvalue weighted by molar-refractivity contribution is 6.01. The van der Waals surface area contributed by atoms with Crippen molar-refractivity contribution in [1.29, 1.82) is 0 Å². The summed E-state index contributed by atoms with van der Waals surface area (Å²) in [5.41, 5.74) is 1.51. The summed E-state index contributed by atoms with van der Waals surface area (Å²) in [5.74, 6) is -0.986. The molecule has 0 aliphatic heterocycles. The minimum absolute atomic E-state index is 0.0627. The molecule has 7 heteroatoms. The Hall–Kier alpha value is -2.83. The van der Waals surface area contributed by atoms with Crippen LogP contribution in [0.5, 0.6) is 0 Å². The molecule has 0 fully saturated rings. The van der Waals surface area contributed by atoms with Crippen LogP contribution in [0.3, 0.4) is 0 Å². The summed E-state index contributed by atoms with van der Waals surface area (Å²) in [4.78, 5) is 35.4. The molecule has 25 heavy (non-hydrogen) atoms. The number of benzene rings is 1. The van der Waals surface area contributed by atoms with Crippen LogP contribution in [-0.4, -0.2) is 35.5 Å². The fraction of sp³-hybridized carbons (Fsp3) is 0.389. The van der Waals surface area contributed by atoms with Crippen molar-refractivity contribution in [3.8, 4) is 0 Å². The molecule has 0 spiro atoms. The number of fused-ring (bicyclic) bond motifs is 1. The first-order valence-electron chi connectivity index (χ1n) is 8.06. The van der Waals surface area contributed by atoms with E-state index in [1.54, 1.807) is 16.8 Å². The highest BCUT2D eigenvalue weighted by Gasteiger charge is 2.25. The molecule has 0 unspecified atom stereocenters. The number of anilines is 1. The highest BCUT2D eigenvalue weighted by Crippen LogP contribution is 2.24. The predicted octanol–water partition coefficient (Wildman–Crippen LogP) is 1.91. The largest absolute Gasteiger partial charge is 0.467 e. The van der Waals surface area contributed by atoms with Gasteiger partial charge in [0.2, 0.25) is 11.8 Å². The molecule has 1 atom stereocenters. The van der Waals surface area contributed by atoms with E-state index in [1.165, 1.54) is 14.0 Å². The van der Waals surface area contributed by atoms with E-state index in [-0.39, 0.29) is 24.3 Å². The predicted molar refractivity (Wildman–Crippen MR) is 95.0 cm³/mol. The molecule has 7 nitrogen and oxygen atoms in total. The smallest absolute Gasteiger partial charge is 0.328 e. The Morgan fingerprint density at radius 3 is 2.52 bits per heavy atom. The van der Waals surface area contributed by atoms with Crippen molar-refractivity contribution in [3.05, 3.63) is 30.5 Å². The lowest BCUT2D eigenvalue weighted by Crippen LogP contribution is -2.46. The summed E-state index contributed by atoms with van der Waals surface area (Å²) < 4.78 is 6.50. The molecule has 2 N–H and O–H groups in total. The standard InChI is InChI=1S/C18H23N3O4/c1-11(2)17(18(24)25-4)20-16(23)10-21-9-8-13-14(19-12(3)22)6-5-7-15(13)21/h5-9,11,17H,10H2,1-4H3,(H,19,22)(H,20,23)/t17-/m0/s1. The molecule has 1 aromatic heterocycles. The van der Waals surface area contributed by atoms with Gasteiger partial charge in [-0.2, -0.15) is 0 Å². The molecular formula is C18H23N3O4. The molecule has 2 rings (SSSR count). The molecule has 0 bridgehead atoms. The normalized spacial score (nSPS) is 12.0. The minimum atomic E-state index is -0.686. The number of aromatic nitrogens is 1. The number of carbonyl (C=O) groups excluding carboxylic acids is 3. The van der Waals surface area contributed by atoms with Crippen molar-refractivity contribution < 1.29 is 19.1 Å². The second-order valence-electron chi connectivity index (χ2n) is 6.18. The first-order chi connectivity index (χ1) is 11.8. The molecule has 0 aliphatic rings. The Morgan fingerprint density at radius 1 is 1.20 bits per heavy atom. The third-order valence-electron chi connectivity index (χ3n) is 3.88. The Kier molecular flexibility index (Phi) is 5.80. The Balaban J connectivity index is 2.18. The number of carbonyl (C=O) groups is 3. The summed E-state index contributed by atoms with van der Waals surface area (Å²) in [6.07, 6.45) is 1.78. The minimum Gasteiger partial charge on any atom is -0.467 e. The van der Waals surface area contributed by atoms with E-state index in [1.807, 2.05) is 32.0 Å². The summed E-state index contributed by atoms with van der Waals surface area (Å²) in [6, 6.07) is 6.64. The van der Waals surface area contributed by atoms with Crippen LogP contribution < -0.4 is 10.6 Å². The van der Waals surface area contributed by atoms with Gasteiger partial charge in [0.1, 0.15) is 12.6 Å². The number of methoxy groups -OCH3 is 1. The molecule has 1 aromatic carbocycles. The van der Waals surface area contributed by atoms with Crippen molar-refractivity contribution in [2.45, 2.75) is 33.4 Å². The molecule has 0 saturated heterocycles. The van der Waals surface area contributed by atoms with Crippen LogP contribution in [0.15, 0.2) is 30.5 Å². The maximum Gasteiger partial charge on any atom is 0.328 e. The van der Waals surface area contributed by atoms with Crippen LogP contribution in [0.4, 0.5) is 5.69 Å². The topological polar surface area (TPSA) is 89.4 Å². The van der Waals surface area contributed by atoms with Gasteiger partial charge in [0, 0.05) is 18.5 Å². The van der Waals surface area contributed by atoms with Gasteiger partial charge in [-0.25, -0.2) is 4.79 Å². The van der Waals surface area contributed by atoms with Gasteiger partial charge in [-0.1, -0.05) is 19.9 Å². The van der Waals surface area contributed by atoms with Crippen LogP contribution in [0.25, 0.3) is 10.9 Å². The van der Waals surface area contributed by atoms with Gasteiger partial charge in [0.15, 0.2) is 0 Å². The number of rotatable bonds is 6. The lowest BCUT2D eigenvalue weighted by atomic mass is 10.0. The van der Waals surface area contributed by atoms with Gasteiger partial charge in [0.05, 0.1) is 18.3 Å². The monoisotopic (exact) mass is 345 g/mol. The van der Waals surface area contributed by atoms with Gasteiger partial charge in [-0.15, -0.1) is 0 Å². The summed E-state index contributed by atoms with van der Waals surface area (Å²) in [6.45, 7) is 5.19. The number of nitrogens with zero attached hydrogens (tertiary/aromatic N) is 1. The van der Waals surface area contributed by atoms with Crippen molar-refractivity contribution in [3.63, 3.8) is 0 Å². The molecule has 0 saturated carbocycles. The fourth-order valence-electron chi connectivity index (χ4n) is 2.66. The van der Waals surface area contributed by atoms with Gasteiger partial charge in [0.25, 0.3) is 0 Å². The van der Waals surface area contributed by atoms with Crippen molar-refractivity contribution in [2.75, 3.05) is 12.4 Å². The molecule has 2 amide bonds. The van der Waals surface area contributed by atoms with Crippen LogP contribution in [0, 0.1) is 5.92 Å². The summed E-state index contributed by atoms with van der Waals surface area (Å²) >= 11 is 0. The van der Waals surface area contributed by atoms with E-state index in [2.05, 4.69) is 10.6 Å². The van der Waals surface area contributed by atoms with Gasteiger partial charge in [-0.3, -0.25) is 9.59 Å². The van der Waals surface area contributed by atoms with E-state index in [0.29, 0.717) is 5.69 Å². The third-order valence-corrected chi connectivity index (χ3v) is 3.88. The maximum absolute atomic E-state index is 12.3. The molecule has 0 aliphatic carbocycles. The van der Waals surface area contributed by atoms with E-state index < -0.39 is 12.0 Å². The van der Waals surface area contributed by atoms with E-state index >= 15 is 0 Å². The number of ether oxygens (including phenoxy) is 1.